The Hall–Kier alpha value is -4.35. The van der Waals surface area contributed by atoms with Crippen molar-refractivity contribution in [2.75, 3.05) is 29.5 Å². The number of amides is 1. The van der Waals surface area contributed by atoms with Crippen LogP contribution in [0.2, 0.25) is 0 Å². The van der Waals surface area contributed by atoms with Gasteiger partial charge in [-0.05, 0) is 68.4 Å². The molecular formula is C28H25F2N7OS. The molecule has 4 heterocycles. The third kappa shape index (κ3) is 5.06. The largest absolute Gasteiger partial charge is 0.397 e. The number of nitrogens with two attached hydrogens (primary N) is 1. The highest BCUT2D eigenvalue weighted by Crippen LogP contribution is 2.33. The summed E-state index contributed by atoms with van der Waals surface area (Å²) in [6.45, 7) is 3.04. The number of para-hydroxylation sites is 1. The number of anilines is 4. The van der Waals surface area contributed by atoms with Gasteiger partial charge in [0.15, 0.2) is 5.13 Å². The molecule has 1 saturated heterocycles. The van der Waals surface area contributed by atoms with Crippen LogP contribution in [0.25, 0.3) is 16.2 Å². The molecule has 0 radical (unpaired) electrons. The van der Waals surface area contributed by atoms with Crippen molar-refractivity contribution in [1.82, 2.24) is 19.3 Å². The van der Waals surface area contributed by atoms with Gasteiger partial charge >= 0.3 is 0 Å². The fraction of sp³-hybridized carbons (Fsp3) is 0.179. The number of hydrogen-bond acceptors (Lipinski definition) is 7. The van der Waals surface area contributed by atoms with Crippen molar-refractivity contribution in [3.05, 3.63) is 89.9 Å². The van der Waals surface area contributed by atoms with E-state index in [2.05, 4.69) is 36.0 Å². The lowest BCUT2D eigenvalue weighted by Gasteiger charge is -2.16. The van der Waals surface area contributed by atoms with Gasteiger partial charge < -0.3 is 16.4 Å². The number of nitrogens with one attached hydrogen (secondary N) is 2. The summed E-state index contributed by atoms with van der Waals surface area (Å²) in [5.74, 6) is -1.99. The van der Waals surface area contributed by atoms with E-state index in [0.29, 0.717) is 5.13 Å². The van der Waals surface area contributed by atoms with Gasteiger partial charge in [-0.3, -0.25) is 14.1 Å². The smallest absolute Gasteiger partial charge is 0.255 e. The SMILES string of the molecule is Nc1cccc(F)c1NC(=O)c1ccc(Nc2ncc(-c3cnc4cccc(CN5CCCC5)n34)s2)c(F)c1. The molecule has 6 rings (SSSR count). The molecule has 0 spiro atoms. The van der Waals surface area contributed by atoms with E-state index < -0.39 is 17.5 Å². The summed E-state index contributed by atoms with van der Waals surface area (Å²) in [7, 11) is 0. The molecule has 0 atom stereocenters. The fourth-order valence-corrected chi connectivity index (χ4v) is 5.58. The van der Waals surface area contributed by atoms with Gasteiger partial charge in [0, 0.05) is 24.0 Å². The number of imidazole rings is 1. The van der Waals surface area contributed by atoms with Crippen LogP contribution in [-0.2, 0) is 6.54 Å². The van der Waals surface area contributed by atoms with Crippen LogP contribution in [0.15, 0.2) is 67.0 Å². The summed E-state index contributed by atoms with van der Waals surface area (Å²) >= 11 is 1.38. The quantitative estimate of drug-likeness (QED) is 0.220. The Labute approximate surface area is 227 Å². The summed E-state index contributed by atoms with van der Waals surface area (Å²) in [5, 5.41) is 5.89. The minimum Gasteiger partial charge on any atom is -0.397 e. The molecule has 11 heteroatoms. The Morgan fingerprint density at radius 3 is 2.62 bits per heavy atom. The first-order chi connectivity index (χ1) is 19.0. The molecule has 3 aromatic heterocycles. The van der Waals surface area contributed by atoms with Crippen LogP contribution in [0, 0.1) is 11.6 Å². The lowest BCUT2D eigenvalue weighted by atomic mass is 10.1. The molecule has 1 amide bonds. The lowest BCUT2D eigenvalue weighted by Crippen LogP contribution is -2.20. The van der Waals surface area contributed by atoms with E-state index in [9.17, 15) is 13.6 Å². The first-order valence-corrected chi connectivity index (χ1v) is 13.3. The van der Waals surface area contributed by atoms with Crippen molar-refractivity contribution in [2.24, 2.45) is 0 Å². The number of halogens is 2. The van der Waals surface area contributed by atoms with Crippen LogP contribution in [0.4, 0.5) is 31.0 Å². The van der Waals surface area contributed by atoms with Gasteiger partial charge in [-0.15, -0.1) is 0 Å². The van der Waals surface area contributed by atoms with E-state index in [-0.39, 0.29) is 22.6 Å². The molecule has 0 bridgehead atoms. The van der Waals surface area contributed by atoms with Crippen molar-refractivity contribution >= 4 is 45.1 Å². The number of carbonyl (C=O) groups excluding carboxylic acids is 1. The van der Waals surface area contributed by atoms with Crippen molar-refractivity contribution in [2.45, 2.75) is 19.4 Å². The molecule has 1 aliphatic rings. The Morgan fingerprint density at radius 2 is 1.82 bits per heavy atom. The predicted molar refractivity (Wildman–Crippen MR) is 149 cm³/mol. The van der Waals surface area contributed by atoms with Crippen molar-refractivity contribution in [3.63, 3.8) is 0 Å². The molecule has 39 heavy (non-hydrogen) atoms. The number of nitrogen functional groups attached to an aromatic ring is 1. The molecule has 0 aliphatic carbocycles. The first kappa shape index (κ1) is 25.0. The standard InChI is InChI=1S/C28H25F2N7OS/c29-19-6-4-7-21(31)26(19)35-27(38)17-9-10-22(20(30)13-17)34-28-33-15-24(39-28)23-14-32-25-8-3-5-18(37(23)25)16-36-11-1-2-12-36/h3-10,13-15H,1-2,11-12,16,31H2,(H,33,34)(H,35,38). The minimum atomic E-state index is -0.675. The number of likely N-dealkylation sites (tertiary alicyclic amines) is 1. The second-order valence-electron chi connectivity index (χ2n) is 9.34. The van der Waals surface area contributed by atoms with Crippen LogP contribution in [-0.4, -0.2) is 38.3 Å². The maximum absolute atomic E-state index is 14.9. The summed E-state index contributed by atoms with van der Waals surface area (Å²) in [4.78, 5) is 24.9. The molecule has 1 fully saturated rings. The summed E-state index contributed by atoms with van der Waals surface area (Å²) in [6, 6.07) is 14.2. The zero-order chi connectivity index (χ0) is 26.9. The molecule has 4 N–H and O–H groups in total. The van der Waals surface area contributed by atoms with Gasteiger partial charge in [0.1, 0.15) is 23.0 Å². The van der Waals surface area contributed by atoms with E-state index in [4.69, 9.17) is 5.73 Å². The fourth-order valence-electron chi connectivity index (χ4n) is 4.75. The number of nitrogens with zero attached hydrogens (tertiary/aromatic N) is 4. The highest BCUT2D eigenvalue weighted by Gasteiger charge is 2.18. The highest BCUT2D eigenvalue weighted by molar-refractivity contribution is 7.18. The van der Waals surface area contributed by atoms with Crippen molar-refractivity contribution < 1.29 is 13.6 Å². The monoisotopic (exact) mass is 545 g/mol. The zero-order valence-corrected chi connectivity index (χ0v) is 21.6. The van der Waals surface area contributed by atoms with E-state index >= 15 is 0 Å². The first-order valence-electron chi connectivity index (χ1n) is 12.5. The average Bonchev–Trinajstić information content (AvgIpc) is 3.69. The number of pyridine rings is 1. The summed E-state index contributed by atoms with van der Waals surface area (Å²) in [6.07, 6.45) is 6.01. The van der Waals surface area contributed by atoms with Crippen LogP contribution in [0.3, 0.4) is 0 Å². The number of fused-ring (bicyclic) bond motifs is 1. The Morgan fingerprint density at radius 1 is 1.00 bits per heavy atom. The highest BCUT2D eigenvalue weighted by atomic mass is 32.1. The van der Waals surface area contributed by atoms with E-state index in [1.54, 1.807) is 6.20 Å². The zero-order valence-electron chi connectivity index (χ0n) is 20.8. The molecule has 0 unspecified atom stereocenters. The second-order valence-corrected chi connectivity index (χ2v) is 10.4. The number of thiazole rings is 1. The third-order valence-electron chi connectivity index (χ3n) is 6.71. The number of carbonyl (C=O) groups is 1. The van der Waals surface area contributed by atoms with E-state index in [1.807, 2.05) is 18.3 Å². The molecule has 0 saturated carbocycles. The number of aromatic nitrogens is 3. The Balaban J connectivity index is 1.20. The van der Waals surface area contributed by atoms with Crippen LogP contribution in [0.5, 0.6) is 0 Å². The van der Waals surface area contributed by atoms with E-state index in [0.717, 1.165) is 47.6 Å². The maximum Gasteiger partial charge on any atom is 0.255 e. The topological polar surface area (TPSA) is 101 Å². The van der Waals surface area contributed by atoms with Crippen molar-refractivity contribution in [1.29, 1.82) is 0 Å². The summed E-state index contributed by atoms with van der Waals surface area (Å²) < 4.78 is 31.1. The molecule has 5 aromatic rings. The van der Waals surface area contributed by atoms with Gasteiger partial charge in [0.05, 0.1) is 28.1 Å². The third-order valence-corrected chi connectivity index (χ3v) is 7.65. The number of benzene rings is 2. The molecular weight excluding hydrogens is 520 g/mol. The Bertz CT molecular complexity index is 1660. The molecule has 2 aromatic carbocycles. The van der Waals surface area contributed by atoms with Crippen molar-refractivity contribution in [3.8, 4) is 10.6 Å². The van der Waals surface area contributed by atoms with Crippen LogP contribution in [0.1, 0.15) is 28.9 Å². The summed E-state index contributed by atoms with van der Waals surface area (Å²) in [5.41, 5.74) is 8.81. The molecule has 198 valence electrons. The van der Waals surface area contributed by atoms with Gasteiger partial charge in [0.25, 0.3) is 5.91 Å². The van der Waals surface area contributed by atoms with Gasteiger partial charge in [0.2, 0.25) is 0 Å². The molecule has 1 aliphatic heterocycles. The predicted octanol–water partition coefficient (Wildman–Crippen LogP) is 5.91. The Kier molecular flexibility index (Phi) is 6.67. The lowest BCUT2D eigenvalue weighted by molar-refractivity contribution is 0.102. The number of rotatable bonds is 7. The molecule has 8 nitrogen and oxygen atoms in total. The second kappa shape index (κ2) is 10.4. The normalized spacial score (nSPS) is 13.7. The van der Waals surface area contributed by atoms with E-state index in [1.165, 1.54) is 54.5 Å². The van der Waals surface area contributed by atoms with Gasteiger partial charge in [-0.25, -0.2) is 18.7 Å². The van der Waals surface area contributed by atoms with Crippen LogP contribution < -0.4 is 16.4 Å². The average molecular weight is 546 g/mol. The van der Waals surface area contributed by atoms with Crippen LogP contribution >= 0.6 is 11.3 Å². The number of hydrogen-bond donors (Lipinski definition) is 3. The maximum atomic E-state index is 14.9. The van der Waals surface area contributed by atoms with Gasteiger partial charge in [-0.2, -0.15) is 0 Å². The minimum absolute atomic E-state index is 0.0248. The van der Waals surface area contributed by atoms with Gasteiger partial charge in [-0.1, -0.05) is 23.5 Å².